The first-order valence-electron chi connectivity index (χ1n) is 2.54. The van der Waals surface area contributed by atoms with Gasteiger partial charge < -0.3 is 0 Å². The van der Waals surface area contributed by atoms with Gasteiger partial charge in [0.2, 0.25) is 0 Å². The molecule has 1 aliphatic carbocycles. The third kappa shape index (κ3) is 1.24. The smallest absolute Gasteiger partial charge is 0.0997 e. The Morgan fingerprint density at radius 3 is 3.00 bits per heavy atom. The van der Waals surface area contributed by atoms with Crippen molar-refractivity contribution < 1.29 is 0 Å². The quantitative estimate of drug-likeness (QED) is 0.468. The molecule has 0 fully saturated rings. The highest BCUT2D eigenvalue weighted by Gasteiger charge is 2.07. The van der Waals surface area contributed by atoms with Crippen LogP contribution in [0.4, 0.5) is 0 Å². The lowest BCUT2D eigenvalue weighted by molar-refractivity contribution is 1.16. The molecule has 0 saturated carbocycles. The van der Waals surface area contributed by atoms with Gasteiger partial charge in [-0.05, 0) is 12.2 Å². The molecule has 0 aliphatic heterocycles. The SMILES string of the molecule is N#CC1C=C[C]=CC1=S. The Labute approximate surface area is 59.3 Å². The van der Waals surface area contributed by atoms with Crippen molar-refractivity contribution in [2.75, 3.05) is 0 Å². The topological polar surface area (TPSA) is 23.8 Å². The molecule has 0 aromatic heterocycles. The van der Waals surface area contributed by atoms with E-state index in [-0.39, 0.29) is 5.92 Å². The van der Waals surface area contributed by atoms with Gasteiger partial charge in [0.15, 0.2) is 0 Å². The van der Waals surface area contributed by atoms with Crippen molar-refractivity contribution in [1.82, 2.24) is 0 Å². The predicted molar refractivity (Wildman–Crippen MR) is 38.7 cm³/mol. The van der Waals surface area contributed by atoms with E-state index in [9.17, 15) is 0 Å². The van der Waals surface area contributed by atoms with E-state index < -0.39 is 0 Å². The first-order chi connectivity index (χ1) is 4.34. The van der Waals surface area contributed by atoms with Gasteiger partial charge in [0.1, 0.15) is 0 Å². The molecule has 1 nitrogen and oxygen atoms in total. The van der Waals surface area contributed by atoms with Crippen LogP contribution in [0.15, 0.2) is 18.2 Å². The van der Waals surface area contributed by atoms with E-state index in [1.807, 2.05) is 0 Å². The summed E-state index contributed by atoms with van der Waals surface area (Å²) in [6, 6.07) is 2.05. The maximum atomic E-state index is 8.42. The number of allylic oxidation sites excluding steroid dienone is 4. The van der Waals surface area contributed by atoms with Crippen LogP contribution in [0.1, 0.15) is 0 Å². The highest BCUT2D eigenvalue weighted by Crippen LogP contribution is 2.06. The summed E-state index contributed by atoms with van der Waals surface area (Å²) in [5.41, 5.74) is 0. The zero-order valence-corrected chi connectivity index (χ0v) is 5.48. The van der Waals surface area contributed by atoms with Crippen LogP contribution < -0.4 is 0 Å². The maximum Gasteiger partial charge on any atom is 0.0997 e. The molecule has 9 heavy (non-hydrogen) atoms. The molecule has 0 saturated heterocycles. The van der Waals surface area contributed by atoms with Crippen LogP contribution in [-0.4, -0.2) is 4.86 Å². The summed E-state index contributed by atoms with van der Waals surface area (Å²) >= 11 is 4.83. The van der Waals surface area contributed by atoms with Gasteiger partial charge in [-0.3, -0.25) is 0 Å². The van der Waals surface area contributed by atoms with E-state index in [1.54, 1.807) is 18.2 Å². The molecule has 43 valence electrons. The lowest BCUT2D eigenvalue weighted by Crippen LogP contribution is -2.05. The second-order valence-corrected chi connectivity index (χ2v) is 2.15. The molecule has 0 heterocycles. The molecule has 1 atom stereocenters. The van der Waals surface area contributed by atoms with Crippen LogP contribution in [0.25, 0.3) is 0 Å². The van der Waals surface area contributed by atoms with Crippen molar-refractivity contribution in [1.29, 1.82) is 5.26 Å². The Hall–Kier alpha value is -0.940. The third-order valence-corrected chi connectivity index (χ3v) is 1.43. The average Bonchev–Trinajstić information content (AvgIpc) is 1.89. The first kappa shape index (κ1) is 6.18. The van der Waals surface area contributed by atoms with Gasteiger partial charge in [0.25, 0.3) is 0 Å². The fraction of sp³-hybridized carbons (Fsp3) is 0.143. The van der Waals surface area contributed by atoms with Gasteiger partial charge in [-0.2, -0.15) is 5.26 Å². The number of nitriles is 1. The first-order valence-corrected chi connectivity index (χ1v) is 2.95. The zero-order valence-electron chi connectivity index (χ0n) is 4.66. The molecule has 1 radical (unpaired) electrons. The Balaban J connectivity index is 2.81. The molecular weight excluding hydrogens is 130 g/mol. The minimum absolute atomic E-state index is 0.207. The van der Waals surface area contributed by atoms with Crippen LogP contribution in [0.2, 0.25) is 0 Å². The van der Waals surface area contributed by atoms with Gasteiger partial charge in [0.05, 0.1) is 12.0 Å². The Morgan fingerprint density at radius 2 is 2.56 bits per heavy atom. The van der Waals surface area contributed by atoms with Crippen LogP contribution in [0, 0.1) is 23.3 Å². The number of nitrogens with zero attached hydrogens (tertiary/aromatic N) is 1. The van der Waals surface area contributed by atoms with E-state index in [0.717, 1.165) is 0 Å². The summed E-state index contributed by atoms with van der Waals surface area (Å²) < 4.78 is 0. The molecular formula is C7H4NS. The van der Waals surface area contributed by atoms with E-state index in [1.165, 1.54) is 0 Å². The maximum absolute atomic E-state index is 8.42. The summed E-state index contributed by atoms with van der Waals surface area (Å²) in [6.07, 6.45) is 7.91. The predicted octanol–water partition coefficient (Wildman–Crippen LogP) is 1.43. The fourth-order valence-corrected chi connectivity index (χ4v) is 0.773. The Bertz CT molecular complexity index is 220. The normalized spacial score (nSPS) is 23.9. The second-order valence-electron chi connectivity index (χ2n) is 1.68. The van der Waals surface area contributed by atoms with Gasteiger partial charge in [0, 0.05) is 4.86 Å². The Kier molecular flexibility index (Phi) is 1.76. The lowest BCUT2D eigenvalue weighted by atomic mass is 10.0. The van der Waals surface area contributed by atoms with Gasteiger partial charge in [-0.25, -0.2) is 0 Å². The van der Waals surface area contributed by atoms with Crippen LogP contribution in [-0.2, 0) is 0 Å². The molecule has 1 unspecified atom stereocenters. The largest absolute Gasteiger partial charge is 0.197 e. The molecule has 1 rings (SSSR count). The number of hydrogen-bond donors (Lipinski definition) is 0. The summed E-state index contributed by atoms with van der Waals surface area (Å²) in [5.74, 6) is -0.207. The number of thiocarbonyl (C=S) groups is 1. The molecule has 0 bridgehead atoms. The minimum Gasteiger partial charge on any atom is -0.197 e. The summed E-state index contributed by atoms with van der Waals surface area (Å²) in [7, 11) is 0. The fourth-order valence-electron chi connectivity index (χ4n) is 0.573. The molecule has 0 spiro atoms. The van der Waals surface area contributed by atoms with Gasteiger partial charge in [-0.15, -0.1) is 0 Å². The highest BCUT2D eigenvalue weighted by atomic mass is 32.1. The monoisotopic (exact) mass is 134 g/mol. The second kappa shape index (κ2) is 2.56. The van der Waals surface area contributed by atoms with Crippen molar-refractivity contribution in [3.63, 3.8) is 0 Å². The van der Waals surface area contributed by atoms with Crippen molar-refractivity contribution in [3.8, 4) is 6.07 Å². The van der Waals surface area contributed by atoms with Crippen molar-refractivity contribution >= 4 is 17.1 Å². The Morgan fingerprint density at radius 1 is 1.78 bits per heavy atom. The van der Waals surface area contributed by atoms with E-state index in [2.05, 4.69) is 12.1 Å². The van der Waals surface area contributed by atoms with Crippen LogP contribution in [0.3, 0.4) is 0 Å². The minimum atomic E-state index is -0.207. The third-order valence-electron chi connectivity index (χ3n) is 1.06. The van der Waals surface area contributed by atoms with E-state index in [4.69, 9.17) is 17.5 Å². The lowest BCUT2D eigenvalue weighted by Gasteiger charge is -2.01. The van der Waals surface area contributed by atoms with Crippen molar-refractivity contribution in [2.24, 2.45) is 5.92 Å². The molecule has 0 N–H and O–H groups in total. The van der Waals surface area contributed by atoms with Gasteiger partial charge in [-0.1, -0.05) is 24.4 Å². The van der Waals surface area contributed by atoms with Gasteiger partial charge >= 0.3 is 0 Å². The molecule has 1 aliphatic rings. The van der Waals surface area contributed by atoms with Crippen molar-refractivity contribution in [3.05, 3.63) is 24.3 Å². The highest BCUT2D eigenvalue weighted by molar-refractivity contribution is 7.80. The number of hydrogen-bond acceptors (Lipinski definition) is 2. The summed E-state index contributed by atoms with van der Waals surface area (Å²) in [5, 5.41) is 8.42. The standard InChI is InChI=1S/C7H4NS/c8-5-6-3-1-2-4-7(6)9/h1,3-4,6H. The summed E-state index contributed by atoms with van der Waals surface area (Å²) in [6.45, 7) is 0. The average molecular weight is 134 g/mol. The van der Waals surface area contributed by atoms with E-state index in [0.29, 0.717) is 4.86 Å². The molecule has 0 amide bonds. The summed E-state index contributed by atoms with van der Waals surface area (Å²) in [4.78, 5) is 0.653. The molecule has 0 aromatic rings. The number of rotatable bonds is 0. The molecule has 0 aromatic carbocycles. The molecule has 2 heteroatoms. The zero-order chi connectivity index (χ0) is 6.69. The van der Waals surface area contributed by atoms with Crippen LogP contribution in [0.5, 0.6) is 0 Å². The van der Waals surface area contributed by atoms with Crippen molar-refractivity contribution in [2.45, 2.75) is 0 Å². The van der Waals surface area contributed by atoms with E-state index >= 15 is 0 Å². The van der Waals surface area contributed by atoms with Crippen LogP contribution >= 0.6 is 12.2 Å².